The maximum absolute atomic E-state index is 13.1. The van der Waals surface area contributed by atoms with E-state index in [-0.39, 0.29) is 15.5 Å². The van der Waals surface area contributed by atoms with Crippen LogP contribution in [0.5, 0.6) is 0 Å². The van der Waals surface area contributed by atoms with E-state index < -0.39 is 15.6 Å². The first kappa shape index (κ1) is 20.2. The number of amides is 1. The Hall–Kier alpha value is -0.670. The number of nitrogens with zero attached hydrogens (tertiary/aromatic N) is 2. The van der Waals surface area contributed by atoms with Crippen molar-refractivity contribution in [2.45, 2.75) is 54.8 Å². The van der Waals surface area contributed by atoms with Crippen molar-refractivity contribution in [2.75, 3.05) is 26.2 Å². The maximum atomic E-state index is 13.1. The van der Waals surface area contributed by atoms with Gasteiger partial charge in [0.25, 0.3) is 10.0 Å². The molecule has 1 saturated heterocycles. The van der Waals surface area contributed by atoms with E-state index in [1.54, 1.807) is 6.07 Å². The lowest BCUT2D eigenvalue weighted by atomic mass is 9.47. The van der Waals surface area contributed by atoms with Gasteiger partial charge in [-0.15, -0.1) is 11.3 Å². The van der Waals surface area contributed by atoms with E-state index in [0.29, 0.717) is 48.8 Å². The Morgan fingerprint density at radius 1 is 1.14 bits per heavy atom. The van der Waals surface area contributed by atoms with E-state index in [9.17, 15) is 18.3 Å². The molecule has 0 radical (unpaired) electrons. The smallest absolute Gasteiger partial charge is 0.252 e. The van der Waals surface area contributed by atoms with Gasteiger partial charge in [-0.3, -0.25) is 4.79 Å². The van der Waals surface area contributed by atoms with Crippen molar-refractivity contribution in [3.05, 3.63) is 16.5 Å². The minimum Gasteiger partial charge on any atom is -0.390 e. The van der Waals surface area contributed by atoms with Crippen LogP contribution in [-0.4, -0.2) is 60.4 Å². The summed E-state index contributed by atoms with van der Waals surface area (Å²) in [7, 11) is -3.55. The highest BCUT2D eigenvalue weighted by Crippen LogP contribution is 2.62. The fourth-order valence-electron chi connectivity index (χ4n) is 6.78. The zero-order chi connectivity index (χ0) is 20.4. The van der Waals surface area contributed by atoms with Gasteiger partial charge in [0, 0.05) is 32.6 Å². The van der Waals surface area contributed by atoms with E-state index in [2.05, 4.69) is 0 Å². The van der Waals surface area contributed by atoms with E-state index in [0.717, 1.165) is 43.4 Å². The average Bonchev–Trinajstić information content (AvgIpc) is 3.06. The second-order valence-corrected chi connectivity index (χ2v) is 13.6. The van der Waals surface area contributed by atoms with Crippen LogP contribution in [0.2, 0.25) is 4.34 Å². The van der Waals surface area contributed by atoms with Crippen molar-refractivity contribution >= 4 is 38.9 Å². The molecule has 1 amide bonds. The molecule has 4 aliphatic carbocycles. The molecule has 4 bridgehead atoms. The van der Waals surface area contributed by atoms with Gasteiger partial charge in [0.05, 0.1) is 9.94 Å². The molecule has 4 saturated carbocycles. The standard InChI is InChI=1S/C20H27ClN2O4S2/c21-16-1-2-18(28-16)29(26,27)23-5-3-22(4-6-23)17(24)12-19-8-14-7-15(9-19)11-20(25,10-14)13-19/h1-2,14-15,25H,3-13H2. The fourth-order valence-corrected chi connectivity index (χ4v) is 9.84. The summed E-state index contributed by atoms with van der Waals surface area (Å²) < 4.78 is 27.7. The van der Waals surface area contributed by atoms with Gasteiger partial charge < -0.3 is 10.0 Å². The highest BCUT2D eigenvalue weighted by atomic mass is 35.5. The summed E-state index contributed by atoms with van der Waals surface area (Å²) in [6.07, 6.45) is 6.39. The SMILES string of the molecule is O=C(CC12CC3CC(CC(O)(C3)C1)C2)N1CCN(S(=O)(=O)c2ccc(Cl)s2)CC1. The van der Waals surface area contributed by atoms with Crippen LogP contribution < -0.4 is 0 Å². The molecule has 6 nitrogen and oxygen atoms in total. The van der Waals surface area contributed by atoms with Gasteiger partial charge in [0.15, 0.2) is 0 Å². The number of rotatable bonds is 4. The van der Waals surface area contributed by atoms with Gasteiger partial charge >= 0.3 is 0 Å². The predicted octanol–water partition coefficient (Wildman–Crippen LogP) is 2.96. The van der Waals surface area contributed by atoms with Crippen LogP contribution in [0.15, 0.2) is 16.3 Å². The maximum Gasteiger partial charge on any atom is 0.252 e. The van der Waals surface area contributed by atoms with E-state index >= 15 is 0 Å². The zero-order valence-corrected chi connectivity index (χ0v) is 18.7. The summed E-state index contributed by atoms with van der Waals surface area (Å²) in [6, 6.07) is 3.13. The topological polar surface area (TPSA) is 77.9 Å². The minimum atomic E-state index is -3.55. The summed E-state index contributed by atoms with van der Waals surface area (Å²) in [5, 5.41) is 10.9. The molecule has 0 spiro atoms. The second-order valence-electron chi connectivity index (χ2n) is 9.71. The lowest BCUT2D eigenvalue weighted by Gasteiger charge is -2.60. The fraction of sp³-hybridized carbons (Fsp3) is 0.750. The molecular weight excluding hydrogens is 432 g/mol. The van der Waals surface area contributed by atoms with E-state index in [4.69, 9.17) is 11.6 Å². The molecule has 29 heavy (non-hydrogen) atoms. The Balaban J connectivity index is 1.22. The second kappa shape index (κ2) is 6.92. The molecule has 1 N–H and O–H groups in total. The van der Waals surface area contributed by atoms with Crippen LogP contribution in [0.1, 0.15) is 44.9 Å². The highest BCUT2D eigenvalue weighted by Gasteiger charge is 2.57. The first-order valence-electron chi connectivity index (χ1n) is 10.4. The molecule has 9 heteroatoms. The van der Waals surface area contributed by atoms with Gasteiger partial charge in [-0.05, 0) is 67.9 Å². The van der Waals surface area contributed by atoms with Gasteiger partial charge in [0.1, 0.15) is 4.21 Å². The number of sulfonamides is 1. The third-order valence-electron chi connectivity index (χ3n) is 7.41. The zero-order valence-electron chi connectivity index (χ0n) is 16.3. The normalized spacial score (nSPS) is 37.2. The Bertz CT molecular complexity index is 909. The average molecular weight is 459 g/mol. The number of aliphatic hydroxyl groups is 1. The van der Waals surface area contributed by atoms with Crippen molar-refractivity contribution in [1.29, 1.82) is 0 Å². The summed E-state index contributed by atoms with van der Waals surface area (Å²) in [5.41, 5.74) is -0.605. The highest BCUT2D eigenvalue weighted by molar-refractivity contribution is 7.91. The molecule has 2 unspecified atom stereocenters. The van der Waals surface area contributed by atoms with Crippen LogP contribution in [0, 0.1) is 17.3 Å². The first-order chi connectivity index (χ1) is 13.7. The van der Waals surface area contributed by atoms with Crippen molar-refractivity contribution in [3.8, 4) is 0 Å². The number of piperazine rings is 1. The van der Waals surface area contributed by atoms with Crippen molar-refractivity contribution < 1.29 is 18.3 Å². The largest absolute Gasteiger partial charge is 0.390 e. The number of carbonyl (C=O) groups is 1. The van der Waals surface area contributed by atoms with Crippen LogP contribution in [0.4, 0.5) is 0 Å². The molecular formula is C20H27ClN2O4S2. The minimum absolute atomic E-state index is 0.0488. The Morgan fingerprint density at radius 3 is 2.34 bits per heavy atom. The van der Waals surface area contributed by atoms with Crippen LogP contribution in [0.3, 0.4) is 0 Å². The summed E-state index contributed by atoms with van der Waals surface area (Å²) >= 11 is 6.96. The number of thiophene rings is 1. The predicted molar refractivity (Wildman–Crippen MR) is 111 cm³/mol. The third-order valence-corrected chi connectivity index (χ3v) is 11.0. The molecule has 1 aliphatic heterocycles. The Labute approximate surface area is 180 Å². The lowest BCUT2D eigenvalue weighted by Crippen LogP contribution is -2.57. The molecule has 5 aliphatic rings. The van der Waals surface area contributed by atoms with Gasteiger partial charge in [-0.1, -0.05) is 11.6 Å². The summed E-state index contributed by atoms with van der Waals surface area (Å²) in [4.78, 5) is 14.9. The number of carbonyl (C=O) groups excluding carboxylic acids is 1. The van der Waals surface area contributed by atoms with Crippen molar-refractivity contribution in [2.24, 2.45) is 17.3 Å². The molecule has 5 fully saturated rings. The Morgan fingerprint density at radius 2 is 1.79 bits per heavy atom. The van der Waals surface area contributed by atoms with Crippen LogP contribution in [0.25, 0.3) is 0 Å². The number of hydrogen-bond donors (Lipinski definition) is 1. The van der Waals surface area contributed by atoms with Crippen molar-refractivity contribution in [1.82, 2.24) is 9.21 Å². The van der Waals surface area contributed by atoms with Gasteiger partial charge in [0.2, 0.25) is 5.91 Å². The third kappa shape index (κ3) is 3.65. The Kier molecular flexibility index (Phi) is 4.83. The molecule has 1 aromatic rings. The molecule has 2 atom stereocenters. The molecule has 0 aromatic carbocycles. The molecule has 160 valence electrons. The van der Waals surface area contributed by atoms with E-state index in [1.165, 1.54) is 16.8 Å². The summed E-state index contributed by atoms with van der Waals surface area (Å²) in [5.74, 6) is 1.24. The monoisotopic (exact) mass is 458 g/mol. The van der Waals surface area contributed by atoms with E-state index in [1.807, 2.05) is 4.90 Å². The molecule has 1 aromatic heterocycles. The molecule has 2 heterocycles. The quantitative estimate of drug-likeness (QED) is 0.752. The lowest BCUT2D eigenvalue weighted by molar-refractivity contribution is -0.172. The molecule has 6 rings (SSSR count). The van der Waals surface area contributed by atoms with Crippen molar-refractivity contribution in [3.63, 3.8) is 0 Å². The van der Waals surface area contributed by atoms with Gasteiger partial charge in [-0.2, -0.15) is 4.31 Å². The van der Waals surface area contributed by atoms with Crippen LogP contribution >= 0.6 is 22.9 Å². The summed E-state index contributed by atoms with van der Waals surface area (Å²) in [6.45, 7) is 1.46. The number of halogens is 1. The van der Waals surface area contributed by atoms with Gasteiger partial charge in [-0.25, -0.2) is 8.42 Å². The van der Waals surface area contributed by atoms with Crippen LogP contribution in [-0.2, 0) is 14.8 Å². The first-order valence-corrected chi connectivity index (χ1v) is 13.1. The number of hydrogen-bond acceptors (Lipinski definition) is 5.